The lowest BCUT2D eigenvalue weighted by atomic mass is 10.1. The molecule has 0 unspecified atom stereocenters. The normalized spacial score (nSPS) is 11.8. The lowest BCUT2D eigenvalue weighted by molar-refractivity contribution is 0.414. The van der Waals surface area contributed by atoms with E-state index in [2.05, 4.69) is 63.3 Å². The van der Waals surface area contributed by atoms with Crippen molar-refractivity contribution in [1.82, 2.24) is 29.4 Å². The van der Waals surface area contributed by atoms with Gasteiger partial charge in [-0.2, -0.15) is 0 Å². The Labute approximate surface area is 133 Å². The molecule has 0 aliphatic carbocycles. The Morgan fingerprint density at radius 3 is 3.00 bits per heavy atom. The predicted molar refractivity (Wildman–Crippen MR) is 90.8 cm³/mol. The van der Waals surface area contributed by atoms with Gasteiger partial charge >= 0.3 is 0 Å². The molecule has 23 heavy (non-hydrogen) atoms. The van der Waals surface area contributed by atoms with E-state index >= 15 is 0 Å². The molecule has 0 spiro atoms. The predicted octanol–water partition coefficient (Wildman–Crippen LogP) is 2.40. The van der Waals surface area contributed by atoms with Gasteiger partial charge in [0.2, 0.25) is 0 Å². The second-order valence-corrected chi connectivity index (χ2v) is 5.94. The van der Waals surface area contributed by atoms with E-state index in [1.54, 1.807) is 12.5 Å². The van der Waals surface area contributed by atoms with E-state index in [9.17, 15) is 0 Å². The zero-order valence-corrected chi connectivity index (χ0v) is 13.2. The number of hydrogen-bond donors (Lipinski definition) is 1. The lowest BCUT2D eigenvalue weighted by Crippen LogP contribution is -2.14. The highest BCUT2D eigenvalue weighted by Crippen LogP contribution is 2.24. The van der Waals surface area contributed by atoms with Gasteiger partial charge in [0.1, 0.15) is 18.2 Å². The molecule has 1 N–H and O–H groups in total. The van der Waals surface area contributed by atoms with Gasteiger partial charge in [-0.25, -0.2) is 15.0 Å². The summed E-state index contributed by atoms with van der Waals surface area (Å²) in [5, 5.41) is 1.25. The first-order valence-corrected chi connectivity index (χ1v) is 7.60. The molecule has 6 nitrogen and oxygen atoms in total. The minimum absolute atomic E-state index is 0.710. The molecule has 0 radical (unpaired) electrons. The number of benzene rings is 1. The van der Waals surface area contributed by atoms with E-state index in [0.717, 1.165) is 29.7 Å². The topological polar surface area (TPSA) is 62.6 Å². The van der Waals surface area contributed by atoms with Crippen LogP contribution in [0.5, 0.6) is 0 Å². The minimum Gasteiger partial charge on any atom is -0.361 e. The van der Waals surface area contributed by atoms with Gasteiger partial charge in [-0.1, -0.05) is 0 Å². The van der Waals surface area contributed by atoms with Crippen molar-refractivity contribution in [3.05, 3.63) is 48.8 Å². The minimum atomic E-state index is 0.710. The average Bonchev–Trinajstić information content (AvgIpc) is 3.16. The molecule has 3 heterocycles. The molecule has 0 aliphatic rings. The van der Waals surface area contributed by atoms with Crippen LogP contribution in [-0.4, -0.2) is 50.0 Å². The van der Waals surface area contributed by atoms with E-state index in [0.29, 0.717) is 5.65 Å². The number of aromatic amines is 1. The molecule has 4 aromatic rings. The second-order valence-electron chi connectivity index (χ2n) is 5.94. The number of aromatic nitrogens is 5. The third kappa shape index (κ3) is 2.47. The number of fused-ring (bicyclic) bond motifs is 2. The third-order valence-corrected chi connectivity index (χ3v) is 4.09. The van der Waals surface area contributed by atoms with Crippen LogP contribution in [0.1, 0.15) is 5.56 Å². The van der Waals surface area contributed by atoms with Crippen LogP contribution >= 0.6 is 0 Å². The van der Waals surface area contributed by atoms with Crippen LogP contribution in [0.15, 0.2) is 43.2 Å². The van der Waals surface area contributed by atoms with E-state index in [1.165, 1.54) is 17.3 Å². The Bertz CT molecular complexity index is 965. The molecule has 0 saturated heterocycles. The monoisotopic (exact) mass is 306 g/mol. The molecule has 116 valence electrons. The number of rotatable bonds is 4. The molecular formula is C17H18N6. The van der Waals surface area contributed by atoms with E-state index in [1.807, 2.05) is 4.57 Å². The molecule has 4 rings (SSSR count). The molecular weight excluding hydrogens is 288 g/mol. The number of nitrogens with zero attached hydrogens (tertiary/aromatic N) is 5. The zero-order valence-electron chi connectivity index (χ0n) is 13.2. The Kier molecular flexibility index (Phi) is 3.31. The van der Waals surface area contributed by atoms with Crippen LogP contribution in [0.4, 0.5) is 0 Å². The van der Waals surface area contributed by atoms with Crippen LogP contribution in [0.2, 0.25) is 0 Å². The van der Waals surface area contributed by atoms with Crippen molar-refractivity contribution in [2.45, 2.75) is 6.42 Å². The van der Waals surface area contributed by atoms with Gasteiger partial charge in [0.15, 0.2) is 5.65 Å². The molecule has 6 heteroatoms. The smallest absolute Gasteiger partial charge is 0.181 e. The van der Waals surface area contributed by atoms with Crippen molar-refractivity contribution < 1.29 is 0 Å². The van der Waals surface area contributed by atoms with Crippen molar-refractivity contribution in [1.29, 1.82) is 0 Å². The Morgan fingerprint density at radius 1 is 1.22 bits per heavy atom. The summed E-state index contributed by atoms with van der Waals surface area (Å²) >= 11 is 0. The molecule has 0 bridgehead atoms. The third-order valence-electron chi connectivity index (χ3n) is 4.09. The first kappa shape index (κ1) is 13.9. The summed E-state index contributed by atoms with van der Waals surface area (Å²) in [4.78, 5) is 18.2. The van der Waals surface area contributed by atoms with Crippen LogP contribution in [-0.2, 0) is 6.42 Å². The maximum atomic E-state index is 4.34. The van der Waals surface area contributed by atoms with Crippen LogP contribution in [0, 0.1) is 0 Å². The largest absolute Gasteiger partial charge is 0.361 e. The van der Waals surface area contributed by atoms with Crippen molar-refractivity contribution in [2.75, 3.05) is 20.6 Å². The Balaban J connectivity index is 1.80. The maximum Gasteiger partial charge on any atom is 0.181 e. The van der Waals surface area contributed by atoms with Crippen LogP contribution in [0.25, 0.3) is 27.8 Å². The van der Waals surface area contributed by atoms with Gasteiger partial charge in [-0.15, -0.1) is 0 Å². The van der Waals surface area contributed by atoms with Gasteiger partial charge in [0, 0.05) is 29.3 Å². The highest BCUT2D eigenvalue weighted by Gasteiger charge is 2.09. The quantitative estimate of drug-likeness (QED) is 0.629. The Hall–Kier alpha value is -2.73. The van der Waals surface area contributed by atoms with Crippen LogP contribution in [0.3, 0.4) is 0 Å². The summed E-state index contributed by atoms with van der Waals surface area (Å²) in [6.07, 6.45) is 8.24. The Morgan fingerprint density at radius 2 is 2.13 bits per heavy atom. The first-order chi connectivity index (χ1) is 11.2. The SMILES string of the molecule is CN(C)CCc1c[nH]c2ccc(-n3cnc4ncncc43)cc12. The summed E-state index contributed by atoms with van der Waals surface area (Å²) in [5.74, 6) is 0. The summed E-state index contributed by atoms with van der Waals surface area (Å²) in [5.41, 5.74) is 5.18. The summed E-state index contributed by atoms with van der Waals surface area (Å²) in [7, 11) is 4.19. The van der Waals surface area contributed by atoms with Crippen molar-refractivity contribution in [3.8, 4) is 5.69 Å². The molecule has 3 aromatic heterocycles. The molecule has 0 amide bonds. The van der Waals surface area contributed by atoms with Gasteiger partial charge in [-0.05, 0) is 44.3 Å². The maximum absolute atomic E-state index is 4.34. The fraction of sp³-hybridized carbons (Fsp3) is 0.235. The number of H-pyrrole nitrogens is 1. The van der Waals surface area contributed by atoms with E-state index in [-0.39, 0.29) is 0 Å². The zero-order chi connectivity index (χ0) is 15.8. The molecule has 0 saturated carbocycles. The van der Waals surface area contributed by atoms with Crippen molar-refractivity contribution in [3.63, 3.8) is 0 Å². The van der Waals surface area contributed by atoms with E-state index in [4.69, 9.17) is 0 Å². The standard InChI is InChI=1S/C17H18N6/c1-22(2)6-5-12-8-19-15-4-3-13(7-14(12)15)23-11-21-17-16(23)9-18-10-20-17/h3-4,7-11,19H,5-6H2,1-2H3. The summed E-state index contributed by atoms with van der Waals surface area (Å²) in [6, 6.07) is 6.40. The summed E-state index contributed by atoms with van der Waals surface area (Å²) in [6.45, 7) is 1.03. The molecule has 0 atom stereocenters. The van der Waals surface area contributed by atoms with Gasteiger partial charge in [0.05, 0.1) is 6.20 Å². The second kappa shape index (κ2) is 5.48. The van der Waals surface area contributed by atoms with Gasteiger partial charge < -0.3 is 9.88 Å². The molecule has 1 aromatic carbocycles. The number of nitrogens with one attached hydrogen (secondary N) is 1. The lowest BCUT2D eigenvalue weighted by Gasteiger charge is -2.09. The highest BCUT2D eigenvalue weighted by atomic mass is 15.1. The average molecular weight is 306 g/mol. The van der Waals surface area contributed by atoms with Gasteiger partial charge in [-0.3, -0.25) is 4.57 Å². The number of likely N-dealkylation sites (N-methyl/N-ethyl adjacent to an activating group) is 1. The van der Waals surface area contributed by atoms with E-state index < -0.39 is 0 Å². The first-order valence-electron chi connectivity index (χ1n) is 7.60. The summed E-state index contributed by atoms with van der Waals surface area (Å²) < 4.78 is 2.03. The van der Waals surface area contributed by atoms with Crippen molar-refractivity contribution in [2.24, 2.45) is 0 Å². The fourth-order valence-corrected chi connectivity index (χ4v) is 2.83. The molecule has 0 aliphatic heterocycles. The fourth-order valence-electron chi connectivity index (χ4n) is 2.83. The van der Waals surface area contributed by atoms with Gasteiger partial charge in [0.25, 0.3) is 0 Å². The van der Waals surface area contributed by atoms with Crippen LogP contribution < -0.4 is 0 Å². The highest BCUT2D eigenvalue weighted by molar-refractivity contribution is 5.86. The number of imidazole rings is 1. The van der Waals surface area contributed by atoms with Crippen molar-refractivity contribution >= 4 is 22.1 Å². The molecule has 0 fully saturated rings. The number of hydrogen-bond acceptors (Lipinski definition) is 4.